The molecule has 0 aliphatic rings. The van der Waals surface area contributed by atoms with Crippen LogP contribution in [0.2, 0.25) is 0 Å². The molecule has 0 aliphatic carbocycles. The zero-order chi connectivity index (χ0) is 29.1. The van der Waals surface area contributed by atoms with Gasteiger partial charge < -0.3 is 30.9 Å². The second kappa shape index (κ2) is 14.0. The van der Waals surface area contributed by atoms with Crippen LogP contribution in [0.4, 0.5) is 22.2 Å². The molecule has 3 rings (SSSR count). The Labute approximate surface area is 233 Å². The second-order valence-electron chi connectivity index (χ2n) is 10.1. The van der Waals surface area contributed by atoms with E-state index in [-0.39, 0.29) is 18.4 Å². The first-order valence-electron chi connectivity index (χ1n) is 13.1. The molecule has 40 heavy (non-hydrogen) atoms. The highest BCUT2D eigenvalue weighted by atomic mass is 16.6. The van der Waals surface area contributed by atoms with E-state index in [0.29, 0.717) is 43.4 Å². The van der Waals surface area contributed by atoms with Crippen LogP contribution >= 0.6 is 0 Å². The Hall–Kier alpha value is -4.55. The van der Waals surface area contributed by atoms with Crippen LogP contribution < -0.4 is 21.3 Å². The van der Waals surface area contributed by atoms with Gasteiger partial charge in [-0.2, -0.15) is 15.2 Å². The zero-order valence-corrected chi connectivity index (χ0v) is 23.6. The van der Waals surface area contributed by atoms with E-state index >= 15 is 0 Å². The maximum absolute atomic E-state index is 12.9. The van der Waals surface area contributed by atoms with Gasteiger partial charge in [-0.25, -0.2) is 9.78 Å². The van der Waals surface area contributed by atoms with Crippen LogP contribution in [0.5, 0.6) is 0 Å². The molecule has 214 valence electrons. The first kappa shape index (κ1) is 30.0. The summed E-state index contributed by atoms with van der Waals surface area (Å²) in [7, 11) is 1.50. The van der Waals surface area contributed by atoms with Crippen LogP contribution in [0.1, 0.15) is 50.9 Å². The topological polar surface area (TPSA) is 163 Å². The normalized spacial score (nSPS) is 11.0. The molecule has 0 aliphatic heterocycles. The summed E-state index contributed by atoms with van der Waals surface area (Å²) in [6.45, 7) is 8.47. The predicted octanol–water partition coefficient (Wildman–Crippen LogP) is 3.09. The van der Waals surface area contributed by atoms with Crippen molar-refractivity contribution in [1.82, 2.24) is 35.7 Å². The van der Waals surface area contributed by atoms with Gasteiger partial charge in [0.1, 0.15) is 23.5 Å². The molecule has 2 aromatic heterocycles. The van der Waals surface area contributed by atoms with Gasteiger partial charge in [-0.3, -0.25) is 9.59 Å². The van der Waals surface area contributed by atoms with E-state index < -0.39 is 11.7 Å². The van der Waals surface area contributed by atoms with Gasteiger partial charge in [0.15, 0.2) is 0 Å². The Morgan fingerprint density at radius 3 is 2.42 bits per heavy atom. The lowest BCUT2D eigenvalue weighted by Crippen LogP contribution is -2.41. The molecule has 0 bridgehead atoms. The van der Waals surface area contributed by atoms with Crippen molar-refractivity contribution < 1.29 is 19.1 Å². The Morgan fingerprint density at radius 2 is 1.70 bits per heavy atom. The van der Waals surface area contributed by atoms with E-state index in [0.717, 1.165) is 22.9 Å². The van der Waals surface area contributed by atoms with Crippen LogP contribution in [0.25, 0.3) is 10.8 Å². The number of amides is 3. The summed E-state index contributed by atoms with van der Waals surface area (Å²) in [5.41, 5.74) is 0.454. The number of ether oxygens (including phenoxy) is 1. The highest BCUT2D eigenvalue weighted by molar-refractivity contribution is 5.98. The Balaban J connectivity index is 1.50. The Kier molecular flexibility index (Phi) is 10.5. The number of benzene rings is 1. The molecule has 0 unspecified atom stereocenters. The largest absolute Gasteiger partial charge is 0.444 e. The number of fused-ring (bicyclic) bond motifs is 1. The first-order chi connectivity index (χ1) is 19.1. The molecule has 13 heteroatoms. The number of rotatable bonds is 12. The molecule has 1 aromatic carbocycles. The summed E-state index contributed by atoms with van der Waals surface area (Å²) >= 11 is 0. The second-order valence-corrected chi connectivity index (χ2v) is 10.1. The summed E-state index contributed by atoms with van der Waals surface area (Å²) in [4.78, 5) is 47.0. The van der Waals surface area contributed by atoms with E-state index in [4.69, 9.17) is 4.74 Å². The summed E-state index contributed by atoms with van der Waals surface area (Å²) in [5.74, 6) is 0.115. The average Bonchev–Trinajstić information content (AvgIpc) is 2.90. The maximum atomic E-state index is 12.9. The van der Waals surface area contributed by atoms with Crippen LogP contribution in [0.3, 0.4) is 0 Å². The summed E-state index contributed by atoms with van der Waals surface area (Å²) in [6.07, 6.45) is 5.62. The lowest BCUT2D eigenvalue weighted by Gasteiger charge is -2.24. The third-order valence-corrected chi connectivity index (χ3v) is 5.43. The molecule has 4 N–H and O–H groups in total. The number of carbonyl (C=O) groups excluding carboxylic acids is 3. The van der Waals surface area contributed by atoms with E-state index in [1.54, 1.807) is 33.2 Å². The van der Waals surface area contributed by atoms with Gasteiger partial charge >= 0.3 is 6.09 Å². The molecule has 0 fully saturated rings. The first-order valence-corrected chi connectivity index (χ1v) is 13.1. The van der Waals surface area contributed by atoms with Crippen LogP contribution in [0, 0.1) is 0 Å². The predicted molar refractivity (Wildman–Crippen MR) is 152 cm³/mol. The highest BCUT2D eigenvalue weighted by Crippen LogP contribution is 2.21. The molecule has 0 radical (unpaired) electrons. The molecule has 0 spiro atoms. The lowest BCUT2D eigenvalue weighted by atomic mass is 10.2. The van der Waals surface area contributed by atoms with E-state index in [2.05, 4.69) is 41.4 Å². The molecule has 3 amide bonds. The molecule has 2 heterocycles. The average molecular weight is 552 g/mol. The Morgan fingerprint density at radius 1 is 0.975 bits per heavy atom. The fraction of sp³-hybridized carbons (Fsp3) is 0.444. The van der Waals surface area contributed by atoms with Crippen molar-refractivity contribution in [3.63, 3.8) is 0 Å². The number of likely N-dealkylation sites (N-methyl/N-ethyl adjacent to an activating group) is 1. The minimum absolute atomic E-state index is 0.126. The van der Waals surface area contributed by atoms with Crippen LogP contribution in [-0.4, -0.2) is 81.8 Å². The highest BCUT2D eigenvalue weighted by Gasteiger charge is 2.21. The molecular formula is C27H37N9O4. The van der Waals surface area contributed by atoms with Gasteiger partial charge in [0.05, 0.1) is 12.4 Å². The van der Waals surface area contributed by atoms with Crippen molar-refractivity contribution in [2.75, 3.05) is 43.9 Å². The number of nitrogens with one attached hydrogen (secondary N) is 4. The summed E-state index contributed by atoms with van der Waals surface area (Å²) < 4.78 is 5.23. The van der Waals surface area contributed by atoms with Gasteiger partial charge in [-0.15, -0.1) is 0 Å². The number of hydrogen-bond acceptors (Lipinski definition) is 10. The summed E-state index contributed by atoms with van der Waals surface area (Å²) in [5, 5.41) is 21.6. The van der Waals surface area contributed by atoms with Gasteiger partial charge in [-0.1, -0.05) is 13.0 Å². The minimum Gasteiger partial charge on any atom is -0.444 e. The molecule has 3 aromatic rings. The zero-order valence-electron chi connectivity index (χ0n) is 23.6. The molecular weight excluding hydrogens is 514 g/mol. The molecule has 0 atom stereocenters. The van der Waals surface area contributed by atoms with Crippen molar-refractivity contribution >= 4 is 46.1 Å². The van der Waals surface area contributed by atoms with Crippen molar-refractivity contribution in [2.24, 2.45) is 0 Å². The Bertz CT molecular complexity index is 1330. The van der Waals surface area contributed by atoms with Gasteiger partial charge in [-0.05, 0) is 45.7 Å². The third kappa shape index (κ3) is 9.33. The number of aromatic nitrogens is 4. The van der Waals surface area contributed by atoms with Gasteiger partial charge in [0.2, 0.25) is 11.9 Å². The fourth-order valence-electron chi connectivity index (χ4n) is 3.48. The van der Waals surface area contributed by atoms with Crippen molar-refractivity contribution in [2.45, 2.75) is 46.1 Å². The lowest BCUT2D eigenvalue weighted by molar-refractivity contribution is -0.122. The van der Waals surface area contributed by atoms with Crippen LogP contribution in [-0.2, 0) is 9.53 Å². The standard InChI is InChI=1S/C27H37N9O4/c1-6-10-29-23-21(16-31-25(35-23)34-20-9-8-18-14-32-33-15-19(18)13-20)24(38)30-12-7-11-28-22(37)17-36(5)26(39)40-27(2,3)4/h8-9,13-16H,6-7,10-12,17H2,1-5H3,(H,28,37)(H,30,38)(H2,29,31,34,35). The van der Waals surface area contributed by atoms with E-state index in [1.165, 1.54) is 18.1 Å². The van der Waals surface area contributed by atoms with Crippen molar-refractivity contribution in [3.8, 4) is 0 Å². The number of nitrogens with zero attached hydrogens (tertiary/aromatic N) is 5. The minimum atomic E-state index is -0.638. The van der Waals surface area contributed by atoms with E-state index in [1.807, 2.05) is 25.1 Å². The monoisotopic (exact) mass is 551 g/mol. The quantitative estimate of drug-likeness (QED) is 0.246. The SMILES string of the molecule is CCCNc1nc(Nc2ccc3cnncc3c2)ncc1C(=O)NCCCNC(=O)CN(C)C(=O)OC(C)(C)C. The maximum Gasteiger partial charge on any atom is 0.410 e. The fourth-order valence-corrected chi connectivity index (χ4v) is 3.48. The summed E-state index contributed by atoms with van der Waals surface area (Å²) in [6, 6.07) is 5.73. The third-order valence-electron chi connectivity index (χ3n) is 5.43. The van der Waals surface area contributed by atoms with Crippen molar-refractivity contribution in [1.29, 1.82) is 0 Å². The van der Waals surface area contributed by atoms with Gasteiger partial charge in [0, 0.05) is 49.3 Å². The van der Waals surface area contributed by atoms with Crippen molar-refractivity contribution in [3.05, 3.63) is 42.4 Å². The van der Waals surface area contributed by atoms with Gasteiger partial charge in [0.25, 0.3) is 5.91 Å². The molecule has 0 saturated heterocycles. The number of hydrogen-bond donors (Lipinski definition) is 4. The van der Waals surface area contributed by atoms with Crippen LogP contribution in [0.15, 0.2) is 36.8 Å². The number of carbonyl (C=O) groups is 3. The number of anilines is 3. The smallest absolute Gasteiger partial charge is 0.410 e. The molecule has 13 nitrogen and oxygen atoms in total. The molecule has 0 saturated carbocycles. The van der Waals surface area contributed by atoms with E-state index in [9.17, 15) is 14.4 Å².